The maximum absolute atomic E-state index is 2.72. The zero-order chi connectivity index (χ0) is 20.2. The van der Waals surface area contributed by atoms with E-state index in [4.69, 9.17) is 0 Å². The first kappa shape index (κ1) is 21.9. The predicted octanol–water partition coefficient (Wildman–Crippen LogP) is 7.04. The van der Waals surface area contributed by atoms with Crippen molar-refractivity contribution in [3.8, 4) is 0 Å². The third-order valence-electron chi connectivity index (χ3n) is 7.91. The van der Waals surface area contributed by atoms with E-state index < -0.39 is 8.07 Å². The monoisotopic (exact) mass is 406 g/mol. The van der Waals surface area contributed by atoms with Crippen molar-refractivity contribution in [3.63, 3.8) is 0 Å². The Balaban J connectivity index is 0.00000218. The van der Waals surface area contributed by atoms with Crippen LogP contribution in [0, 0.1) is 5.92 Å². The summed E-state index contributed by atoms with van der Waals surface area (Å²) in [6.45, 7) is 10.0. The molecule has 0 aliphatic heterocycles. The molecule has 0 aromatic heterocycles. The topological polar surface area (TPSA) is 0 Å². The minimum atomic E-state index is -1.65. The number of rotatable bonds is 5. The summed E-state index contributed by atoms with van der Waals surface area (Å²) in [4.78, 5) is 0. The average Bonchev–Trinajstić information content (AvgIpc) is 3.42. The summed E-state index contributed by atoms with van der Waals surface area (Å²) in [6.07, 6.45) is 14.1. The van der Waals surface area contributed by atoms with Crippen molar-refractivity contribution in [3.05, 3.63) is 81.9 Å². The fourth-order valence-electron chi connectivity index (χ4n) is 6.24. The maximum atomic E-state index is 2.72. The Labute approximate surface area is 196 Å². The molecule has 0 N–H and O–H groups in total. The van der Waals surface area contributed by atoms with E-state index in [9.17, 15) is 0 Å². The van der Waals surface area contributed by atoms with Crippen LogP contribution in [0.15, 0.2) is 48.6 Å². The molecule has 3 aliphatic rings. The van der Waals surface area contributed by atoms with E-state index in [0.717, 1.165) is 0 Å². The van der Waals surface area contributed by atoms with Gasteiger partial charge >= 0.3 is 18.9 Å². The summed E-state index contributed by atoms with van der Waals surface area (Å²) >= 11 is 0. The zero-order valence-electron chi connectivity index (χ0n) is 18.5. The van der Waals surface area contributed by atoms with Crippen molar-refractivity contribution in [1.29, 1.82) is 0 Å². The standard InChI is InChI=1S/C28H34Si.Li.H/c1-5-9-19(2)24-18-28(26-17-22-12-8-11-21(22)16-25(24)26)29(3,4)27-15-14-20-10-6-7-13-23(20)27;;/h6-7,10,13-19,27-28H,5,8-9,11-12H2,1-4H3;;. The van der Waals surface area contributed by atoms with Gasteiger partial charge in [0.1, 0.15) is 0 Å². The second kappa shape index (κ2) is 8.35. The molecular weight excluding hydrogens is 371 g/mol. The van der Waals surface area contributed by atoms with E-state index in [1.165, 1.54) is 37.7 Å². The van der Waals surface area contributed by atoms with Gasteiger partial charge in [-0.1, -0.05) is 88.0 Å². The van der Waals surface area contributed by atoms with E-state index in [1.807, 2.05) is 0 Å². The van der Waals surface area contributed by atoms with Gasteiger partial charge in [0.05, 0.1) is 8.07 Å². The summed E-state index contributed by atoms with van der Waals surface area (Å²) in [5, 5.41) is 0. The molecule has 3 atom stereocenters. The molecule has 2 aromatic rings. The molecule has 0 amide bonds. The first-order chi connectivity index (χ1) is 14.0. The molecule has 2 aromatic carbocycles. The van der Waals surface area contributed by atoms with Gasteiger partial charge in [-0.3, -0.25) is 0 Å². The molecule has 5 rings (SSSR count). The normalized spacial score (nSPS) is 22.2. The fraction of sp³-hybridized carbons (Fsp3) is 0.429. The summed E-state index contributed by atoms with van der Waals surface area (Å²) in [7, 11) is -1.65. The van der Waals surface area contributed by atoms with Crippen LogP contribution in [0.1, 0.15) is 77.6 Å². The van der Waals surface area contributed by atoms with Gasteiger partial charge in [0.15, 0.2) is 0 Å². The van der Waals surface area contributed by atoms with Crippen molar-refractivity contribution < 1.29 is 0 Å². The molecule has 2 heteroatoms. The molecule has 3 unspecified atom stereocenters. The number of aryl methyl sites for hydroxylation is 2. The van der Waals surface area contributed by atoms with Crippen LogP contribution in [0.5, 0.6) is 0 Å². The summed E-state index contributed by atoms with van der Waals surface area (Å²) in [6, 6.07) is 14.3. The molecule has 0 saturated heterocycles. The second-order valence-corrected chi connectivity index (χ2v) is 15.0. The number of allylic oxidation sites excluding steroid dienone is 3. The van der Waals surface area contributed by atoms with Gasteiger partial charge < -0.3 is 0 Å². The van der Waals surface area contributed by atoms with Gasteiger partial charge in [-0.05, 0) is 81.6 Å². The number of hydrogen-bond acceptors (Lipinski definition) is 0. The molecule has 0 nitrogen and oxygen atoms in total. The van der Waals surface area contributed by atoms with Crippen molar-refractivity contribution in [1.82, 2.24) is 0 Å². The van der Waals surface area contributed by atoms with E-state index in [1.54, 1.807) is 33.4 Å². The molecular formula is C28H35LiSi. The average molecular weight is 407 g/mol. The van der Waals surface area contributed by atoms with Gasteiger partial charge in [0.2, 0.25) is 0 Å². The molecule has 0 spiro atoms. The van der Waals surface area contributed by atoms with Gasteiger partial charge in [-0.2, -0.15) is 0 Å². The van der Waals surface area contributed by atoms with Crippen LogP contribution in [0.2, 0.25) is 13.1 Å². The summed E-state index contributed by atoms with van der Waals surface area (Å²) < 4.78 is 0. The Morgan fingerprint density at radius 3 is 2.50 bits per heavy atom. The quantitative estimate of drug-likeness (QED) is 0.467. The third-order valence-corrected chi connectivity index (χ3v) is 12.1. The Bertz CT molecular complexity index is 1010. The Morgan fingerprint density at radius 2 is 1.73 bits per heavy atom. The zero-order valence-corrected chi connectivity index (χ0v) is 19.5. The van der Waals surface area contributed by atoms with E-state index in [0.29, 0.717) is 17.0 Å². The van der Waals surface area contributed by atoms with E-state index in [2.05, 4.69) is 81.6 Å². The summed E-state index contributed by atoms with van der Waals surface area (Å²) in [5.41, 5.74) is 12.4. The molecule has 0 radical (unpaired) electrons. The molecule has 30 heavy (non-hydrogen) atoms. The molecule has 0 heterocycles. The Kier molecular flexibility index (Phi) is 6.11. The molecule has 0 fully saturated rings. The van der Waals surface area contributed by atoms with Crippen LogP contribution in [0.3, 0.4) is 0 Å². The van der Waals surface area contributed by atoms with Gasteiger partial charge in [-0.25, -0.2) is 0 Å². The second-order valence-electron chi connectivity index (χ2n) is 10.1. The fourth-order valence-corrected chi connectivity index (χ4v) is 9.93. The first-order valence-electron chi connectivity index (χ1n) is 11.7. The SMILES string of the molecule is CCCC(C)C1=CC([Si](C)(C)C2C=Cc3ccccc32)c2cc3c(cc21)CCC3.[LiH]. The first-order valence-corrected chi connectivity index (χ1v) is 14.8. The predicted molar refractivity (Wildman–Crippen MR) is 136 cm³/mol. The summed E-state index contributed by atoms with van der Waals surface area (Å²) in [5.74, 6) is 0.666. The van der Waals surface area contributed by atoms with Crippen LogP contribution in [-0.2, 0) is 12.8 Å². The Morgan fingerprint density at radius 1 is 1.00 bits per heavy atom. The minimum absolute atomic E-state index is 0. The van der Waals surface area contributed by atoms with Crippen molar-refractivity contribution in [2.75, 3.05) is 0 Å². The number of benzene rings is 2. The van der Waals surface area contributed by atoms with Gasteiger partial charge in [-0.15, -0.1) is 0 Å². The van der Waals surface area contributed by atoms with Gasteiger partial charge in [0, 0.05) is 0 Å². The number of fused-ring (bicyclic) bond motifs is 3. The van der Waals surface area contributed by atoms with Crippen LogP contribution < -0.4 is 0 Å². The Hall–Kier alpha value is -1.27. The van der Waals surface area contributed by atoms with Crippen LogP contribution in [-0.4, -0.2) is 26.9 Å². The van der Waals surface area contributed by atoms with Crippen molar-refractivity contribution in [2.24, 2.45) is 5.92 Å². The molecule has 0 bridgehead atoms. The van der Waals surface area contributed by atoms with Crippen molar-refractivity contribution >= 4 is 38.6 Å². The molecule has 3 aliphatic carbocycles. The molecule has 0 saturated carbocycles. The van der Waals surface area contributed by atoms with Crippen LogP contribution in [0.4, 0.5) is 0 Å². The van der Waals surface area contributed by atoms with Crippen LogP contribution >= 0.6 is 0 Å². The molecule has 152 valence electrons. The van der Waals surface area contributed by atoms with Crippen LogP contribution in [0.25, 0.3) is 11.6 Å². The number of hydrogen-bond donors (Lipinski definition) is 0. The van der Waals surface area contributed by atoms with E-state index >= 15 is 0 Å². The van der Waals surface area contributed by atoms with E-state index in [-0.39, 0.29) is 18.9 Å². The van der Waals surface area contributed by atoms with Crippen molar-refractivity contribution in [2.45, 2.75) is 70.1 Å². The third kappa shape index (κ3) is 3.44. The van der Waals surface area contributed by atoms with Gasteiger partial charge in [0.25, 0.3) is 0 Å².